The highest BCUT2D eigenvalue weighted by Gasteiger charge is 2.07. The molecule has 0 saturated carbocycles. The van der Waals surface area contributed by atoms with Gasteiger partial charge in [-0.05, 0) is 22.9 Å². The first-order valence-corrected chi connectivity index (χ1v) is 8.17. The summed E-state index contributed by atoms with van der Waals surface area (Å²) < 4.78 is 0. The molecule has 0 spiro atoms. The molecule has 0 bridgehead atoms. The molecular weight excluding hydrogens is 278 g/mol. The molecule has 21 heavy (non-hydrogen) atoms. The van der Waals surface area contributed by atoms with E-state index < -0.39 is 0 Å². The third kappa shape index (κ3) is 3.46. The Labute approximate surface area is 129 Å². The molecule has 0 unspecified atom stereocenters. The molecule has 0 amide bonds. The van der Waals surface area contributed by atoms with Crippen molar-refractivity contribution in [3.8, 4) is 0 Å². The minimum absolute atomic E-state index is 0.861. The maximum Gasteiger partial charge on any atom is 0.121 e. The van der Waals surface area contributed by atoms with Crippen LogP contribution in [0.3, 0.4) is 0 Å². The van der Waals surface area contributed by atoms with Gasteiger partial charge in [-0.15, -0.1) is 21.5 Å². The van der Waals surface area contributed by atoms with Gasteiger partial charge in [0, 0.05) is 19.4 Å². The van der Waals surface area contributed by atoms with Gasteiger partial charge >= 0.3 is 0 Å². The van der Waals surface area contributed by atoms with E-state index in [1.54, 1.807) is 11.3 Å². The molecule has 1 aromatic heterocycles. The van der Waals surface area contributed by atoms with E-state index in [4.69, 9.17) is 0 Å². The van der Waals surface area contributed by atoms with Crippen molar-refractivity contribution in [2.24, 2.45) is 0 Å². The number of benzene rings is 2. The van der Waals surface area contributed by atoms with Gasteiger partial charge in [0.05, 0.1) is 0 Å². The average molecular weight is 297 g/mol. The normalized spacial score (nSPS) is 11.1. The molecule has 0 atom stereocenters. The predicted octanol–water partition coefficient (Wildman–Crippen LogP) is 3.43. The van der Waals surface area contributed by atoms with Crippen LogP contribution >= 0.6 is 11.3 Å². The second-order valence-electron chi connectivity index (χ2n) is 5.01. The highest BCUT2D eigenvalue weighted by molar-refractivity contribution is 7.11. The van der Waals surface area contributed by atoms with Gasteiger partial charge in [0.2, 0.25) is 0 Å². The lowest BCUT2D eigenvalue weighted by atomic mass is 10.0. The maximum absolute atomic E-state index is 4.34. The Kier molecular flexibility index (Phi) is 4.58. The molecule has 3 nitrogen and oxygen atoms in total. The zero-order valence-electron chi connectivity index (χ0n) is 12.2. The Morgan fingerprint density at radius 1 is 1.00 bits per heavy atom. The zero-order valence-corrected chi connectivity index (χ0v) is 13.0. The largest absolute Gasteiger partial charge is 0.317 e. The number of aromatic nitrogens is 2. The van der Waals surface area contributed by atoms with Gasteiger partial charge in [-0.3, -0.25) is 0 Å². The standard InChI is InChI=1S/C17H19N3S/c1-2-18-11-10-16-19-20-17(21-16)12-14-8-5-7-13-6-3-4-9-15(13)14/h3-9,18H,2,10-12H2,1H3. The first-order chi connectivity index (χ1) is 10.4. The summed E-state index contributed by atoms with van der Waals surface area (Å²) in [6.45, 7) is 4.09. The van der Waals surface area contributed by atoms with E-state index in [1.165, 1.54) is 16.3 Å². The summed E-state index contributed by atoms with van der Waals surface area (Å²) in [4.78, 5) is 0. The van der Waals surface area contributed by atoms with Crippen molar-refractivity contribution in [3.63, 3.8) is 0 Å². The first-order valence-electron chi connectivity index (χ1n) is 7.35. The number of nitrogens with zero attached hydrogens (tertiary/aromatic N) is 2. The summed E-state index contributed by atoms with van der Waals surface area (Å²) >= 11 is 1.72. The van der Waals surface area contributed by atoms with E-state index in [9.17, 15) is 0 Å². The van der Waals surface area contributed by atoms with Gasteiger partial charge in [-0.1, -0.05) is 49.4 Å². The molecule has 0 aliphatic rings. The monoisotopic (exact) mass is 297 g/mol. The maximum atomic E-state index is 4.34. The molecule has 0 fully saturated rings. The lowest BCUT2D eigenvalue weighted by Crippen LogP contribution is -2.15. The highest BCUT2D eigenvalue weighted by atomic mass is 32.1. The van der Waals surface area contributed by atoms with Crippen molar-refractivity contribution in [2.45, 2.75) is 19.8 Å². The Hall–Kier alpha value is -1.78. The quantitative estimate of drug-likeness (QED) is 0.708. The molecule has 0 aliphatic carbocycles. The van der Waals surface area contributed by atoms with Crippen molar-refractivity contribution in [1.29, 1.82) is 0 Å². The third-order valence-corrected chi connectivity index (χ3v) is 4.48. The lowest BCUT2D eigenvalue weighted by molar-refractivity contribution is 0.710. The van der Waals surface area contributed by atoms with Crippen LogP contribution in [-0.4, -0.2) is 23.3 Å². The van der Waals surface area contributed by atoms with Gasteiger partial charge in [-0.2, -0.15) is 0 Å². The molecule has 0 saturated heterocycles. The molecular formula is C17H19N3S. The number of rotatable bonds is 6. The van der Waals surface area contributed by atoms with Crippen LogP contribution in [0.25, 0.3) is 10.8 Å². The molecule has 0 radical (unpaired) electrons. The van der Waals surface area contributed by atoms with Crippen molar-refractivity contribution in [3.05, 3.63) is 58.0 Å². The van der Waals surface area contributed by atoms with E-state index in [0.717, 1.165) is 35.9 Å². The summed E-state index contributed by atoms with van der Waals surface area (Å²) in [5.41, 5.74) is 1.32. The number of nitrogens with one attached hydrogen (secondary N) is 1. The van der Waals surface area contributed by atoms with Gasteiger partial charge in [-0.25, -0.2) is 0 Å². The number of hydrogen-bond donors (Lipinski definition) is 1. The van der Waals surface area contributed by atoms with E-state index in [1.807, 2.05) is 0 Å². The Morgan fingerprint density at radius 3 is 2.71 bits per heavy atom. The summed E-state index contributed by atoms with van der Waals surface area (Å²) in [6.07, 6.45) is 1.82. The molecule has 2 aromatic carbocycles. The Bertz CT molecular complexity index is 715. The second kappa shape index (κ2) is 6.78. The van der Waals surface area contributed by atoms with Crippen LogP contribution in [-0.2, 0) is 12.8 Å². The summed E-state index contributed by atoms with van der Waals surface area (Å²) in [6, 6.07) is 15.0. The minimum Gasteiger partial charge on any atom is -0.317 e. The minimum atomic E-state index is 0.861. The fraction of sp³-hybridized carbons (Fsp3) is 0.294. The predicted molar refractivity (Wildman–Crippen MR) is 88.9 cm³/mol. The molecule has 4 heteroatoms. The summed E-state index contributed by atoms with van der Waals surface area (Å²) in [5, 5.41) is 16.8. The fourth-order valence-corrected chi connectivity index (χ4v) is 3.31. The summed E-state index contributed by atoms with van der Waals surface area (Å²) in [5.74, 6) is 0. The van der Waals surface area contributed by atoms with Crippen molar-refractivity contribution in [1.82, 2.24) is 15.5 Å². The van der Waals surface area contributed by atoms with Crippen LogP contribution in [0.4, 0.5) is 0 Å². The van der Waals surface area contributed by atoms with Crippen LogP contribution in [0, 0.1) is 0 Å². The van der Waals surface area contributed by atoms with Gasteiger partial charge < -0.3 is 5.32 Å². The smallest absolute Gasteiger partial charge is 0.121 e. The van der Waals surface area contributed by atoms with Crippen LogP contribution in [0.15, 0.2) is 42.5 Å². The molecule has 1 heterocycles. The molecule has 1 N–H and O–H groups in total. The van der Waals surface area contributed by atoms with Gasteiger partial charge in [0.15, 0.2) is 0 Å². The molecule has 0 aliphatic heterocycles. The Balaban J connectivity index is 1.76. The first kappa shape index (κ1) is 14.2. The lowest BCUT2D eigenvalue weighted by Gasteiger charge is -2.04. The SMILES string of the molecule is CCNCCc1nnc(Cc2cccc3ccccc23)s1. The van der Waals surface area contributed by atoms with E-state index in [-0.39, 0.29) is 0 Å². The molecule has 3 aromatic rings. The molecule has 3 rings (SSSR count). The highest BCUT2D eigenvalue weighted by Crippen LogP contribution is 2.22. The number of likely N-dealkylation sites (N-methyl/N-ethyl adjacent to an activating group) is 1. The molecule has 108 valence electrons. The van der Waals surface area contributed by atoms with E-state index in [0.29, 0.717) is 0 Å². The van der Waals surface area contributed by atoms with E-state index in [2.05, 4.69) is 64.9 Å². The van der Waals surface area contributed by atoms with Crippen LogP contribution in [0.5, 0.6) is 0 Å². The third-order valence-electron chi connectivity index (χ3n) is 3.50. The number of fused-ring (bicyclic) bond motifs is 1. The van der Waals surface area contributed by atoms with Crippen molar-refractivity contribution in [2.75, 3.05) is 13.1 Å². The van der Waals surface area contributed by atoms with E-state index >= 15 is 0 Å². The van der Waals surface area contributed by atoms with Crippen LogP contribution in [0.1, 0.15) is 22.5 Å². The van der Waals surface area contributed by atoms with Gasteiger partial charge in [0.25, 0.3) is 0 Å². The van der Waals surface area contributed by atoms with Crippen LogP contribution < -0.4 is 5.32 Å². The number of hydrogen-bond acceptors (Lipinski definition) is 4. The zero-order chi connectivity index (χ0) is 14.5. The van der Waals surface area contributed by atoms with Crippen LogP contribution in [0.2, 0.25) is 0 Å². The Morgan fingerprint density at radius 2 is 1.81 bits per heavy atom. The van der Waals surface area contributed by atoms with Crippen molar-refractivity contribution < 1.29 is 0 Å². The van der Waals surface area contributed by atoms with Crippen molar-refractivity contribution >= 4 is 22.1 Å². The second-order valence-corrected chi connectivity index (χ2v) is 6.15. The fourth-order valence-electron chi connectivity index (χ4n) is 2.44. The topological polar surface area (TPSA) is 37.8 Å². The summed E-state index contributed by atoms with van der Waals surface area (Å²) in [7, 11) is 0. The van der Waals surface area contributed by atoms with Gasteiger partial charge in [0.1, 0.15) is 10.0 Å². The average Bonchev–Trinajstić information content (AvgIpc) is 2.96.